The van der Waals surface area contributed by atoms with Crippen LogP contribution in [0.2, 0.25) is 0 Å². The third-order valence-electron chi connectivity index (χ3n) is 2.23. The van der Waals surface area contributed by atoms with Crippen LogP contribution < -0.4 is 4.74 Å². The molecule has 0 aliphatic heterocycles. The smallest absolute Gasteiger partial charge is 0.136 e. The molecule has 0 aliphatic carbocycles. The zero-order valence-electron chi connectivity index (χ0n) is 8.52. The fraction of sp³-hybridized carbons (Fsp3) is 0.182. The molecule has 0 atom stereocenters. The molecule has 3 nitrogen and oxygen atoms in total. The Morgan fingerprint density at radius 2 is 2.27 bits per heavy atom. The molecule has 0 spiro atoms. The lowest BCUT2D eigenvalue weighted by Gasteiger charge is -1.98. The summed E-state index contributed by atoms with van der Waals surface area (Å²) >= 11 is 1.57. The zero-order chi connectivity index (χ0) is 10.8. The second kappa shape index (κ2) is 3.90. The number of benzene rings is 1. The molecule has 0 saturated carbocycles. The first-order chi connectivity index (χ1) is 7.26. The van der Waals surface area contributed by atoms with Crippen molar-refractivity contribution in [1.82, 2.24) is 0 Å². The zero-order valence-corrected chi connectivity index (χ0v) is 9.34. The number of nitrogens with zero attached hydrogens (tertiary/aromatic N) is 1. The number of ether oxygens (including phenoxy) is 1. The number of hydrogen-bond acceptors (Lipinski definition) is 4. The number of hydrogen-bond donors (Lipinski definition) is 1. The van der Waals surface area contributed by atoms with E-state index < -0.39 is 0 Å². The molecule has 2 rings (SSSR count). The fourth-order valence-electron chi connectivity index (χ4n) is 1.42. The molecular formula is C11H11NO2S. The quantitative estimate of drug-likeness (QED) is 0.481. The van der Waals surface area contributed by atoms with Gasteiger partial charge in [-0.2, -0.15) is 0 Å². The summed E-state index contributed by atoms with van der Waals surface area (Å²) in [4.78, 5) is 0.956. The second-order valence-electron chi connectivity index (χ2n) is 3.17. The van der Waals surface area contributed by atoms with Crippen molar-refractivity contribution in [3.63, 3.8) is 0 Å². The third-order valence-corrected chi connectivity index (χ3v) is 3.51. The van der Waals surface area contributed by atoms with Crippen LogP contribution in [0.1, 0.15) is 11.8 Å². The summed E-state index contributed by atoms with van der Waals surface area (Å²) in [7, 11) is 1.65. The van der Waals surface area contributed by atoms with Crippen molar-refractivity contribution >= 4 is 27.1 Å². The van der Waals surface area contributed by atoms with Crippen LogP contribution in [0.15, 0.2) is 29.4 Å². The number of oxime groups is 1. The molecule has 1 N–H and O–H groups in total. The van der Waals surface area contributed by atoms with Gasteiger partial charge in [0.25, 0.3) is 0 Å². The van der Waals surface area contributed by atoms with Gasteiger partial charge in [-0.1, -0.05) is 17.3 Å². The average molecular weight is 221 g/mol. The lowest BCUT2D eigenvalue weighted by Crippen LogP contribution is -1.87. The fourth-order valence-corrected chi connectivity index (χ4v) is 2.52. The summed E-state index contributed by atoms with van der Waals surface area (Å²) in [6, 6.07) is 7.89. The Hall–Kier alpha value is -1.55. The van der Waals surface area contributed by atoms with Crippen LogP contribution in [0.25, 0.3) is 10.1 Å². The molecule has 2 aromatic rings. The van der Waals surface area contributed by atoms with E-state index in [0.29, 0.717) is 5.71 Å². The Balaban J connectivity index is 2.65. The highest BCUT2D eigenvalue weighted by molar-refractivity contribution is 7.21. The van der Waals surface area contributed by atoms with E-state index in [9.17, 15) is 0 Å². The van der Waals surface area contributed by atoms with E-state index in [-0.39, 0.29) is 0 Å². The van der Waals surface area contributed by atoms with Gasteiger partial charge >= 0.3 is 0 Å². The van der Waals surface area contributed by atoms with E-state index >= 15 is 0 Å². The molecule has 1 aromatic heterocycles. The minimum Gasteiger partial charge on any atom is -0.495 e. The minimum absolute atomic E-state index is 0.623. The Morgan fingerprint density at radius 1 is 1.47 bits per heavy atom. The van der Waals surface area contributed by atoms with Crippen molar-refractivity contribution in [2.45, 2.75) is 6.92 Å². The van der Waals surface area contributed by atoms with E-state index in [4.69, 9.17) is 9.94 Å². The molecule has 0 amide bonds. The van der Waals surface area contributed by atoms with Gasteiger partial charge < -0.3 is 9.94 Å². The third kappa shape index (κ3) is 1.68. The highest BCUT2D eigenvalue weighted by atomic mass is 32.1. The SMILES string of the molecule is COc1cccc2cc(C(C)=NO)sc12. The Labute approximate surface area is 91.6 Å². The van der Waals surface area contributed by atoms with Crippen molar-refractivity contribution in [3.05, 3.63) is 29.1 Å². The van der Waals surface area contributed by atoms with Crippen LogP contribution in [-0.2, 0) is 0 Å². The van der Waals surface area contributed by atoms with Crippen molar-refractivity contribution < 1.29 is 9.94 Å². The van der Waals surface area contributed by atoms with Gasteiger partial charge in [0.2, 0.25) is 0 Å². The van der Waals surface area contributed by atoms with Crippen LogP contribution in [0.5, 0.6) is 5.75 Å². The summed E-state index contributed by atoms with van der Waals surface area (Å²) in [6.45, 7) is 1.77. The molecule has 1 heterocycles. The number of fused-ring (bicyclic) bond motifs is 1. The Kier molecular flexibility index (Phi) is 2.60. The van der Waals surface area contributed by atoms with Crippen molar-refractivity contribution in [2.75, 3.05) is 7.11 Å². The maximum atomic E-state index is 8.70. The van der Waals surface area contributed by atoms with Gasteiger partial charge in [-0.25, -0.2) is 0 Å². The van der Waals surface area contributed by atoms with Gasteiger partial charge in [-0.05, 0) is 24.4 Å². The highest BCUT2D eigenvalue weighted by Gasteiger charge is 2.08. The van der Waals surface area contributed by atoms with E-state index in [1.165, 1.54) is 0 Å². The summed E-state index contributed by atoms with van der Waals surface area (Å²) in [6.07, 6.45) is 0. The Bertz CT molecular complexity index is 516. The van der Waals surface area contributed by atoms with Crippen molar-refractivity contribution in [3.8, 4) is 5.75 Å². The number of rotatable bonds is 2. The lowest BCUT2D eigenvalue weighted by atomic mass is 10.2. The maximum absolute atomic E-state index is 8.70. The van der Waals surface area contributed by atoms with Gasteiger partial charge in [-0.15, -0.1) is 11.3 Å². The van der Waals surface area contributed by atoms with Crippen LogP contribution in [0.4, 0.5) is 0 Å². The van der Waals surface area contributed by atoms with E-state index in [0.717, 1.165) is 20.7 Å². The van der Waals surface area contributed by atoms with Crippen molar-refractivity contribution in [1.29, 1.82) is 0 Å². The predicted molar refractivity (Wildman–Crippen MR) is 62.4 cm³/mol. The van der Waals surface area contributed by atoms with Gasteiger partial charge in [0.15, 0.2) is 0 Å². The topological polar surface area (TPSA) is 41.8 Å². The molecule has 15 heavy (non-hydrogen) atoms. The molecule has 1 aromatic carbocycles. The first-order valence-corrected chi connectivity index (χ1v) is 5.33. The van der Waals surface area contributed by atoms with E-state index in [2.05, 4.69) is 5.16 Å². The Morgan fingerprint density at radius 3 is 2.93 bits per heavy atom. The molecule has 78 valence electrons. The van der Waals surface area contributed by atoms with Crippen LogP contribution in [-0.4, -0.2) is 18.0 Å². The van der Waals surface area contributed by atoms with Gasteiger partial charge in [-0.3, -0.25) is 0 Å². The predicted octanol–water partition coefficient (Wildman–Crippen LogP) is 3.11. The first-order valence-electron chi connectivity index (χ1n) is 4.52. The monoisotopic (exact) mass is 221 g/mol. The van der Waals surface area contributed by atoms with Gasteiger partial charge in [0.05, 0.1) is 22.4 Å². The van der Waals surface area contributed by atoms with Gasteiger partial charge in [0.1, 0.15) is 5.75 Å². The molecule has 0 unspecified atom stereocenters. The lowest BCUT2D eigenvalue weighted by molar-refractivity contribution is 0.319. The maximum Gasteiger partial charge on any atom is 0.136 e. The minimum atomic E-state index is 0.623. The molecule has 4 heteroatoms. The molecule has 0 aliphatic rings. The van der Waals surface area contributed by atoms with E-state index in [1.807, 2.05) is 24.3 Å². The summed E-state index contributed by atoms with van der Waals surface area (Å²) < 4.78 is 6.34. The molecular weight excluding hydrogens is 210 g/mol. The number of thiophene rings is 1. The molecule has 0 radical (unpaired) electrons. The molecule has 0 saturated heterocycles. The average Bonchev–Trinajstić information content (AvgIpc) is 2.71. The highest BCUT2D eigenvalue weighted by Crippen LogP contribution is 2.33. The second-order valence-corrected chi connectivity index (χ2v) is 4.23. The summed E-state index contributed by atoms with van der Waals surface area (Å²) in [5.41, 5.74) is 0.623. The summed E-state index contributed by atoms with van der Waals surface area (Å²) in [5.74, 6) is 0.856. The summed E-state index contributed by atoms with van der Waals surface area (Å²) in [5, 5.41) is 13.0. The van der Waals surface area contributed by atoms with Crippen molar-refractivity contribution in [2.24, 2.45) is 5.16 Å². The standard InChI is InChI=1S/C11H11NO2S/c1-7(12-13)10-6-8-4-3-5-9(14-2)11(8)15-10/h3-6,13H,1-2H3. The van der Waals surface area contributed by atoms with E-state index in [1.54, 1.807) is 25.4 Å². The van der Waals surface area contributed by atoms with Crippen LogP contribution >= 0.6 is 11.3 Å². The van der Waals surface area contributed by atoms with Crippen LogP contribution in [0.3, 0.4) is 0 Å². The van der Waals surface area contributed by atoms with Gasteiger partial charge in [0, 0.05) is 0 Å². The number of methoxy groups -OCH3 is 1. The largest absolute Gasteiger partial charge is 0.495 e. The first kappa shape index (κ1) is 9.98. The van der Waals surface area contributed by atoms with Crippen LogP contribution in [0, 0.1) is 0 Å². The molecule has 0 bridgehead atoms. The molecule has 0 fully saturated rings. The normalized spacial score (nSPS) is 12.0.